The summed E-state index contributed by atoms with van der Waals surface area (Å²) in [5, 5.41) is 2.35. The molecule has 52 heavy (non-hydrogen) atoms. The van der Waals surface area contributed by atoms with Crippen LogP contribution in [0.15, 0.2) is 170 Å². The third-order valence-electron chi connectivity index (χ3n) is 10.7. The molecule has 0 aliphatic heterocycles. The van der Waals surface area contributed by atoms with Gasteiger partial charge < -0.3 is 0 Å². The second-order valence-electron chi connectivity index (χ2n) is 14.1. The van der Waals surface area contributed by atoms with Crippen LogP contribution in [0.4, 0.5) is 0 Å². The van der Waals surface area contributed by atoms with Crippen LogP contribution in [0, 0.1) is 0 Å². The Morgan fingerprint density at radius 3 is 1.77 bits per heavy atom. The van der Waals surface area contributed by atoms with E-state index in [4.69, 9.17) is 15.0 Å². The summed E-state index contributed by atoms with van der Waals surface area (Å²) >= 11 is 0. The molecule has 4 heteroatoms. The normalized spacial score (nSPS) is 13.0. The van der Waals surface area contributed by atoms with E-state index >= 15 is 0 Å². The lowest BCUT2D eigenvalue weighted by atomic mass is 9.82. The van der Waals surface area contributed by atoms with Crippen molar-refractivity contribution in [2.75, 3.05) is 0 Å². The summed E-state index contributed by atoms with van der Waals surface area (Å²) in [6.07, 6.45) is 0. The highest BCUT2D eigenvalue weighted by molar-refractivity contribution is 6.15. The number of fused-ring (bicyclic) bond motifs is 7. The van der Waals surface area contributed by atoms with Crippen LogP contribution in [-0.4, -0.2) is 19.5 Å². The predicted octanol–water partition coefficient (Wildman–Crippen LogP) is 11.9. The van der Waals surface area contributed by atoms with Crippen molar-refractivity contribution >= 4 is 21.8 Å². The average Bonchev–Trinajstić information content (AvgIpc) is 3.67. The molecular weight excluding hydrogens is 633 g/mol. The predicted molar refractivity (Wildman–Crippen MR) is 213 cm³/mol. The summed E-state index contributed by atoms with van der Waals surface area (Å²) in [5.41, 5.74) is 13.6. The quantitative estimate of drug-likeness (QED) is 0.184. The van der Waals surface area contributed by atoms with Crippen LogP contribution in [0.1, 0.15) is 25.0 Å². The zero-order valence-electron chi connectivity index (χ0n) is 29.0. The molecule has 0 amide bonds. The third-order valence-corrected chi connectivity index (χ3v) is 10.7. The Morgan fingerprint density at radius 1 is 0.423 bits per heavy atom. The number of para-hydroxylation sites is 1. The minimum absolute atomic E-state index is 0.144. The zero-order chi connectivity index (χ0) is 34.8. The molecule has 0 saturated heterocycles. The van der Waals surface area contributed by atoms with Crippen molar-refractivity contribution in [3.8, 4) is 62.1 Å². The average molecular weight is 667 g/mol. The van der Waals surface area contributed by atoms with E-state index in [9.17, 15) is 0 Å². The first kappa shape index (κ1) is 30.2. The number of aromatic nitrogens is 4. The van der Waals surface area contributed by atoms with Crippen LogP contribution >= 0.6 is 0 Å². The van der Waals surface area contributed by atoms with Gasteiger partial charge in [0.25, 0.3) is 0 Å². The number of benzene rings is 7. The van der Waals surface area contributed by atoms with E-state index in [1.165, 1.54) is 38.6 Å². The molecule has 10 rings (SSSR count). The van der Waals surface area contributed by atoms with Crippen LogP contribution in [0.25, 0.3) is 83.9 Å². The molecule has 246 valence electrons. The lowest BCUT2D eigenvalue weighted by Crippen LogP contribution is -2.14. The van der Waals surface area contributed by atoms with Crippen molar-refractivity contribution < 1.29 is 0 Å². The zero-order valence-corrected chi connectivity index (χ0v) is 29.0. The van der Waals surface area contributed by atoms with Gasteiger partial charge in [0.05, 0.1) is 11.0 Å². The minimum Gasteiger partial charge on any atom is -0.277 e. The van der Waals surface area contributed by atoms with Crippen molar-refractivity contribution in [2.45, 2.75) is 19.3 Å². The molecule has 2 heterocycles. The summed E-state index contributed by atoms with van der Waals surface area (Å²) in [6, 6.07) is 60.0. The van der Waals surface area contributed by atoms with Gasteiger partial charge in [0.1, 0.15) is 0 Å². The van der Waals surface area contributed by atoms with Gasteiger partial charge in [0.2, 0.25) is 5.95 Å². The minimum atomic E-state index is -0.144. The molecule has 4 nitrogen and oxygen atoms in total. The van der Waals surface area contributed by atoms with Gasteiger partial charge in [-0.25, -0.2) is 4.98 Å². The van der Waals surface area contributed by atoms with Gasteiger partial charge in [-0.2, -0.15) is 9.97 Å². The van der Waals surface area contributed by atoms with Crippen LogP contribution in [-0.2, 0) is 5.41 Å². The first-order valence-electron chi connectivity index (χ1n) is 17.8. The Kier molecular flexibility index (Phi) is 6.80. The number of rotatable bonds is 5. The maximum atomic E-state index is 5.33. The van der Waals surface area contributed by atoms with E-state index in [0.717, 1.165) is 38.9 Å². The van der Waals surface area contributed by atoms with Gasteiger partial charge in [-0.05, 0) is 51.1 Å². The molecule has 0 N–H and O–H groups in total. The molecule has 9 aromatic rings. The highest BCUT2D eigenvalue weighted by atomic mass is 15.2. The monoisotopic (exact) mass is 666 g/mol. The Morgan fingerprint density at radius 2 is 1.00 bits per heavy atom. The molecule has 0 saturated carbocycles. The molecule has 0 atom stereocenters. The third kappa shape index (κ3) is 4.72. The smallest absolute Gasteiger partial charge is 0.238 e. The van der Waals surface area contributed by atoms with Crippen molar-refractivity contribution in [1.29, 1.82) is 0 Å². The maximum Gasteiger partial charge on any atom is 0.238 e. The highest BCUT2D eigenvalue weighted by Crippen LogP contribution is 2.52. The molecule has 0 unspecified atom stereocenters. The summed E-state index contributed by atoms with van der Waals surface area (Å²) in [5.74, 6) is 1.85. The summed E-state index contributed by atoms with van der Waals surface area (Å²) in [6.45, 7) is 4.66. The van der Waals surface area contributed by atoms with E-state index in [2.05, 4.69) is 176 Å². The van der Waals surface area contributed by atoms with Crippen molar-refractivity contribution in [3.05, 3.63) is 181 Å². The SMILES string of the molecule is CC1(C)c2ccccc2-c2c1ccc1c3ccccc3n(-c3nc(-c4ccc(-c5ccccc5)cc4)nc(-c4cccc(-c5ccccc5)c4)n3)c21. The molecule has 1 aliphatic rings. The van der Waals surface area contributed by atoms with Gasteiger partial charge in [-0.15, -0.1) is 0 Å². The number of hydrogen-bond acceptors (Lipinski definition) is 3. The molecule has 0 spiro atoms. The van der Waals surface area contributed by atoms with Crippen molar-refractivity contribution in [3.63, 3.8) is 0 Å². The van der Waals surface area contributed by atoms with Gasteiger partial charge in [0, 0.05) is 32.9 Å². The first-order valence-corrected chi connectivity index (χ1v) is 17.8. The Hall–Kier alpha value is -6.65. The van der Waals surface area contributed by atoms with E-state index in [-0.39, 0.29) is 5.41 Å². The Bertz CT molecular complexity index is 2800. The lowest BCUT2D eigenvalue weighted by Gasteiger charge is -2.21. The summed E-state index contributed by atoms with van der Waals surface area (Å²) in [7, 11) is 0. The maximum absolute atomic E-state index is 5.33. The fraction of sp³-hybridized carbons (Fsp3) is 0.0625. The van der Waals surface area contributed by atoms with Crippen LogP contribution in [0.2, 0.25) is 0 Å². The van der Waals surface area contributed by atoms with Gasteiger partial charge in [-0.3, -0.25) is 4.57 Å². The highest BCUT2D eigenvalue weighted by Gasteiger charge is 2.37. The van der Waals surface area contributed by atoms with Crippen LogP contribution < -0.4 is 0 Å². The standard InChI is InChI=1S/C48H34N4/c1-48(2)40-22-11-9-21-39(40)43-41(48)29-28-38-37-20-10-12-23-42(37)52(44(38)43)47-50-45(34-26-24-33(25-27-34)31-14-5-3-6-15-31)49-46(51-47)36-19-13-18-35(30-36)32-16-7-4-8-17-32/h3-30H,1-2H3. The summed E-state index contributed by atoms with van der Waals surface area (Å²) in [4.78, 5) is 15.8. The summed E-state index contributed by atoms with van der Waals surface area (Å²) < 4.78 is 2.27. The van der Waals surface area contributed by atoms with Crippen molar-refractivity contribution in [1.82, 2.24) is 19.5 Å². The molecule has 0 radical (unpaired) electrons. The largest absolute Gasteiger partial charge is 0.277 e. The van der Waals surface area contributed by atoms with E-state index in [1.807, 2.05) is 12.1 Å². The molecule has 0 bridgehead atoms. The van der Waals surface area contributed by atoms with E-state index in [0.29, 0.717) is 17.6 Å². The van der Waals surface area contributed by atoms with Crippen LogP contribution in [0.3, 0.4) is 0 Å². The van der Waals surface area contributed by atoms with E-state index < -0.39 is 0 Å². The molecule has 7 aromatic carbocycles. The van der Waals surface area contributed by atoms with Crippen molar-refractivity contribution in [2.24, 2.45) is 0 Å². The molecular formula is C48H34N4. The van der Waals surface area contributed by atoms with Gasteiger partial charge in [-0.1, -0.05) is 172 Å². The Balaban J connectivity index is 1.25. The van der Waals surface area contributed by atoms with Gasteiger partial charge >= 0.3 is 0 Å². The fourth-order valence-electron chi connectivity index (χ4n) is 8.08. The molecule has 1 aliphatic carbocycles. The first-order chi connectivity index (χ1) is 25.5. The van der Waals surface area contributed by atoms with Gasteiger partial charge in [0.15, 0.2) is 11.6 Å². The Labute approximate surface area is 302 Å². The topological polar surface area (TPSA) is 43.6 Å². The second-order valence-corrected chi connectivity index (χ2v) is 14.1. The lowest BCUT2D eigenvalue weighted by molar-refractivity contribution is 0.660. The fourth-order valence-corrected chi connectivity index (χ4v) is 8.08. The second kappa shape index (κ2) is 11.7. The van der Waals surface area contributed by atoms with E-state index in [1.54, 1.807) is 0 Å². The molecule has 0 fully saturated rings. The van der Waals surface area contributed by atoms with Crippen LogP contribution in [0.5, 0.6) is 0 Å². The number of hydrogen-bond donors (Lipinski definition) is 0. The molecule has 2 aromatic heterocycles. The number of nitrogens with zero attached hydrogens (tertiary/aromatic N) is 4.